The van der Waals surface area contributed by atoms with Crippen LogP contribution in [0.5, 0.6) is 0 Å². The van der Waals surface area contributed by atoms with Crippen LogP contribution in [0.15, 0.2) is 5.16 Å². The van der Waals surface area contributed by atoms with Gasteiger partial charge in [-0.1, -0.05) is 6.92 Å². The summed E-state index contributed by atoms with van der Waals surface area (Å²) in [4.78, 5) is 0. The van der Waals surface area contributed by atoms with Gasteiger partial charge in [-0.05, 0) is 27.2 Å². The number of hydrogen-bond acceptors (Lipinski definition) is 5. The Kier molecular flexibility index (Phi) is 4.74. The molecule has 0 aliphatic carbocycles. The standard InChI is InChI=1S/C10H18ClN3O3S/c1-5-6-17-7-8-12-13-9(18(11,15)16)14(8)10(2,3)4/h5-7H2,1-4H3. The summed E-state index contributed by atoms with van der Waals surface area (Å²) in [5, 5.41) is 7.25. The lowest BCUT2D eigenvalue weighted by atomic mass is 10.1. The molecule has 0 amide bonds. The number of aromatic nitrogens is 3. The number of nitrogens with zero attached hydrogens (tertiary/aromatic N) is 3. The molecule has 104 valence electrons. The average Bonchev–Trinajstić information content (AvgIpc) is 2.60. The van der Waals surface area contributed by atoms with Gasteiger partial charge in [0.05, 0.1) is 0 Å². The number of hydrogen-bond donors (Lipinski definition) is 0. The fourth-order valence-corrected chi connectivity index (χ4v) is 2.57. The summed E-state index contributed by atoms with van der Waals surface area (Å²) in [6, 6.07) is 0. The van der Waals surface area contributed by atoms with Crippen molar-refractivity contribution in [2.45, 2.75) is 51.4 Å². The molecule has 1 rings (SSSR count). The van der Waals surface area contributed by atoms with Crippen LogP contribution >= 0.6 is 10.7 Å². The lowest BCUT2D eigenvalue weighted by molar-refractivity contribution is 0.109. The van der Waals surface area contributed by atoms with Gasteiger partial charge in [0, 0.05) is 22.8 Å². The average molecular weight is 296 g/mol. The molecule has 1 heterocycles. The van der Waals surface area contributed by atoms with Crippen LogP contribution in [0, 0.1) is 0 Å². The third-order valence-electron chi connectivity index (χ3n) is 2.17. The van der Waals surface area contributed by atoms with E-state index in [1.807, 2.05) is 27.7 Å². The zero-order valence-electron chi connectivity index (χ0n) is 11.0. The molecule has 0 fully saturated rings. The summed E-state index contributed by atoms with van der Waals surface area (Å²) >= 11 is 0. The van der Waals surface area contributed by atoms with E-state index in [4.69, 9.17) is 15.4 Å². The van der Waals surface area contributed by atoms with E-state index in [2.05, 4.69) is 10.2 Å². The Labute approximate surface area is 112 Å². The molecule has 1 aromatic rings. The molecule has 0 spiro atoms. The maximum Gasteiger partial charge on any atom is 0.296 e. The molecule has 18 heavy (non-hydrogen) atoms. The second-order valence-electron chi connectivity index (χ2n) is 4.90. The Morgan fingerprint density at radius 1 is 1.33 bits per heavy atom. The maximum absolute atomic E-state index is 11.4. The molecule has 0 radical (unpaired) electrons. The molecule has 0 aliphatic heterocycles. The van der Waals surface area contributed by atoms with Gasteiger partial charge < -0.3 is 4.74 Å². The molecule has 0 aromatic carbocycles. The minimum atomic E-state index is -3.92. The molecular formula is C10H18ClN3O3S. The first kappa shape index (κ1) is 15.4. The van der Waals surface area contributed by atoms with E-state index in [-0.39, 0.29) is 11.8 Å². The zero-order valence-corrected chi connectivity index (χ0v) is 12.5. The van der Waals surface area contributed by atoms with Crippen molar-refractivity contribution < 1.29 is 13.2 Å². The van der Waals surface area contributed by atoms with Crippen LogP contribution in [0.3, 0.4) is 0 Å². The molecule has 0 saturated heterocycles. The highest BCUT2D eigenvalue weighted by Crippen LogP contribution is 2.24. The van der Waals surface area contributed by atoms with Gasteiger partial charge in [0.1, 0.15) is 6.61 Å². The first-order chi connectivity index (χ1) is 8.18. The molecular weight excluding hydrogens is 278 g/mol. The summed E-state index contributed by atoms with van der Waals surface area (Å²) in [7, 11) is 1.43. The molecule has 0 bridgehead atoms. The monoisotopic (exact) mass is 295 g/mol. The van der Waals surface area contributed by atoms with Gasteiger partial charge in [0.15, 0.2) is 5.82 Å². The van der Waals surface area contributed by atoms with Crippen LogP contribution in [0.4, 0.5) is 0 Å². The molecule has 0 atom stereocenters. The van der Waals surface area contributed by atoms with Crippen molar-refractivity contribution in [2.24, 2.45) is 0 Å². The van der Waals surface area contributed by atoms with Crippen molar-refractivity contribution in [1.29, 1.82) is 0 Å². The Balaban J connectivity index is 3.17. The molecule has 6 nitrogen and oxygen atoms in total. The number of halogens is 1. The van der Waals surface area contributed by atoms with E-state index in [1.54, 1.807) is 0 Å². The molecule has 0 aliphatic rings. The zero-order chi connectivity index (χ0) is 14.0. The van der Waals surface area contributed by atoms with Crippen LogP contribution in [0.2, 0.25) is 0 Å². The Morgan fingerprint density at radius 2 is 1.94 bits per heavy atom. The van der Waals surface area contributed by atoms with Gasteiger partial charge in [-0.3, -0.25) is 4.57 Å². The van der Waals surface area contributed by atoms with Gasteiger partial charge in [-0.2, -0.15) is 0 Å². The molecule has 0 unspecified atom stereocenters. The third-order valence-corrected chi connectivity index (χ3v) is 3.28. The minimum Gasteiger partial charge on any atom is -0.373 e. The predicted octanol–water partition coefficient (Wildman–Crippen LogP) is 1.89. The largest absolute Gasteiger partial charge is 0.373 e. The summed E-state index contributed by atoms with van der Waals surface area (Å²) in [5.41, 5.74) is -0.494. The van der Waals surface area contributed by atoms with Crippen LogP contribution in [-0.2, 0) is 25.9 Å². The summed E-state index contributed by atoms with van der Waals surface area (Å²) in [5.74, 6) is 0.454. The highest BCUT2D eigenvalue weighted by atomic mass is 35.7. The van der Waals surface area contributed by atoms with E-state index >= 15 is 0 Å². The third kappa shape index (κ3) is 3.66. The van der Waals surface area contributed by atoms with Gasteiger partial charge in [-0.15, -0.1) is 10.2 Å². The van der Waals surface area contributed by atoms with Crippen molar-refractivity contribution in [3.8, 4) is 0 Å². The van der Waals surface area contributed by atoms with Gasteiger partial charge >= 0.3 is 0 Å². The highest BCUT2D eigenvalue weighted by Gasteiger charge is 2.29. The first-order valence-corrected chi connectivity index (χ1v) is 7.96. The SMILES string of the molecule is CCCOCc1nnc(S(=O)(=O)Cl)n1C(C)(C)C. The van der Waals surface area contributed by atoms with Crippen LogP contribution < -0.4 is 0 Å². The van der Waals surface area contributed by atoms with Crippen LogP contribution in [-0.4, -0.2) is 29.8 Å². The predicted molar refractivity (Wildman–Crippen MR) is 68.0 cm³/mol. The van der Waals surface area contributed by atoms with Crippen LogP contribution in [0.1, 0.15) is 39.9 Å². The first-order valence-electron chi connectivity index (χ1n) is 5.65. The summed E-state index contributed by atoms with van der Waals surface area (Å²) in [6.45, 7) is 8.34. The highest BCUT2D eigenvalue weighted by molar-refractivity contribution is 8.13. The van der Waals surface area contributed by atoms with Gasteiger partial charge in [0.25, 0.3) is 14.2 Å². The fraction of sp³-hybridized carbons (Fsp3) is 0.800. The van der Waals surface area contributed by atoms with E-state index in [0.29, 0.717) is 12.4 Å². The normalized spacial score (nSPS) is 12.9. The maximum atomic E-state index is 11.4. The smallest absolute Gasteiger partial charge is 0.296 e. The topological polar surface area (TPSA) is 74.1 Å². The minimum absolute atomic E-state index is 0.213. The van der Waals surface area contributed by atoms with Crippen molar-refractivity contribution in [3.05, 3.63) is 5.82 Å². The lowest BCUT2D eigenvalue weighted by Crippen LogP contribution is -2.27. The van der Waals surface area contributed by atoms with Crippen molar-refractivity contribution in [3.63, 3.8) is 0 Å². The van der Waals surface area contributed by atoms with E-state index < -0.39 is 14.6 Å². The molecule has 0 saturated carbocycles. The summed E-state index contributed by atoms with van der Waals surface area (Å²) in [6.07, 6.45) is 0.879. The van der Waals surface area contributed by atoms with E-state index in [9.17, 15) is 8.42 Å². The lowest BCUT2D eigenvalue weighted by Gasteiger charge is -2.23. The fourth-order valence-electron chi connectivity index (χ4n) is 1.53. The second kappa shape index (κ2) is 5.54. The van der Waals surface area contributed by atoms with Crippen molar-refractivity contribution >= 4 is 19.7 Å². The molecule has 8 heteroatoms. The Morgan fingerprint density at radius 3 is 2.39 bits per heavy atom. The van der Waals surface area contributed by atoms with E-state index in [0.717, 1.165) is 6.42 Å². The number of rotatable bonds is 5. The Hall–Kier alpha value is -0.660. The Bertz CT molecular complexity index is 505. The molecule has 0 N–H and O–H groups in total. The van der Waals surface area contributed by atoms with Crippen molar-refractivity contribution in [1.82, 2.24) is 14.8 Å². The summed E-state index contributed by atoms with van der Waals surface area (Å²) < 4.78 is 29.8. The quantitative estimate of drug-likeness (QED) is 0.612. The molecule has 1 aromatic heterocycles. The van der Waals surface area contributed by atoms with E-state index in [1.165, 1.54) is 4.57 Å². The second-order valence-corrected chi connectivity index (χ2v) is 7.36. The van der Waals surface area contributed by atoms with Crippen LogP contribution in [0.25, 0.3) is 0 Å². The number of ether oxygens (including phenoxy) is 1. The van der Waals surface area contributed by atoms with Gasteiger partial charge in [0.2, 0.25) is 0 Å². The van der Waals surface area contributed by atoms with Gasteiger partial charge in [-0.25, -0.2) is 8.42 Å². The van der Waals surface area contributed by atoms with Crippen molar-refractivity contribution in [2.75, 3.05) is 6.61 Å².